The summed E-state index contributed by atoms with van der Waals surface area (Å²) in [5.74, 6) is 0.621. The van der Waals surface area contributed by atoms with Crippen molar-refractivity contribution in [3.8, 4) is 0 Å². The Kier molecular flexibility index (Phi) is 5.45. The minimum absolute atomic E-state index is 0.0325. The Hall–Kier alpha value is -2.65. The normalized spacial score (nSPS) is 16.8. The molecule has 1 fully saturated rings. The number of likely N-dealkylation sites (tertiary alicyclic amines) is 1. The van der Waals surface area contributed by atoms with Crippen LogP contribution in [-0.4, -0.2) is 37.3 Å². The summed E-state index contributed by atoms with van der Waals surface area (Å²) >= 11 is 3.13. The molecule has 1 aliphatic rings. The molecule has 1 saturated heterocycles. The van der Waals surface area contributed by atoms with Gasteiger partial charge in [0.1, 0.15) is 5.69 Å². The number of aromatic nitrogens is 4. The molecule has 28 heavy (non-hydrogen) atoms. The molecule has 0 saturated carbocycles. The first-order valence-corrected chi connectivity index (χ1v) is 10.7. The lowest BCUT2D eigenvalue weighted by atomic mass is 10.1. The summed E-state index contributed by atoms with van der Waals surface area (Å²) in [5.41, 5.74) is 1.59. The molecule has 3 aromatic rings. The molecule has 1 aliphatic heterocycles. The van der Waals surface area contributed by atoms with Crippen LogP contribution in [0.1, 0.15) is 40.2 Å². The van der Waals surface area contributed by atoms with Crippen LogP contribution >= 0.6 is 22.7 Å². The number of anilines is 2. The summed E-state index contributed by atoms with van der Waals surface area (Å²) < 4.78 is 0. The summed E-state index contributed by atoms with van der Waals surface area (Å²) in [6, 6.07) is -0.105. The maximum Gasteiger partial charge on any atom is 0.247 e. The molecule has 0 radical (unpaired) electrons. The molecule has 0 spiro atoms. The van der Waals surface area contributed by atoms with Crippen molar-refractivity contribution in [3.63, 3.8) is 0 Å². The van der Waals surface area contributed by atoms with E-state index in [2.05, 4.69) is 25.3 Å². The van der Waals surface area contributed by atoms with Crippen molar-refractivity contribution in [1.82, 2.24) is 24.8 Å². The van der Waals surface area contributed by atoms with Crippen LogP contribution in [0.5, 0.6) is 0 Å². The summed E-state index contributed by atoms with van der Waals surface area (Å²) in [5, 5.41) is 6.96. The van der Waals surface area contributed by atoms with Gasteiger partial charge < -0.3 is 10.2 Å². The predicted molar refractivity (Wildman–Crippen MR) is 112 cm³/mol. The van der Waals surface area contributed by atoms with Gasteiger partial charge in [0, 0.05) is 41.5 Å². The van der Waals surface area contributed by atoms with Crippen molar-refractivity contribution in [2.45, 2.75) is 32.7 Å². The second kappa shape index (κ2) is 8.15. The maximum atomic E-state index is 12.8. The monoisotopic (exact) mass is 412 g/mol. The molecule has 1 amide bonds. The van der Waals surface area contributed by atoms with Crippen LogP contribution in [0.25, 0.3) is 6.08 Å². The Morgan fingerprint density at radius 1 is 1.29 bits per heavy atom. The third-order valence-electron chi connectivity index (χ3n) is 4.46. The number of nitrogens with one attached hydrogen (secondary N) is 1. The number of hydrogen-bond donors (Lipinski definition) is 1. The van der Waals surface area contributed by atoms with Crippen LogP contribution in [0.2, 0.25) is 0 Å². The third kappa shape index (κ3) is 4.10. The summed E-state index contributed by atoms with van der Waals surface area (Å²) in [4.78, 5) is 33.5. The van der Waals surface area contributed by atoms with E-state index in [1.165, 1.54) is 0 Å². The zero-order valence-electron chi connectivity index (χ0n) is 15.6. The van der Waals surface area contributed by atoms with Gasteiger partial charge in [-0.1, -0.05) is 0 Å². The molecule has 4 heterocycles. The average Bonchev–Trinajstić information content (AvgIpc) is 3.42. The summed E-state index contributed by atoms with van der Waals surface area (Å²) in [6.45, 7) is 4.66. The van der Waals surface area contributed by atoms with Gasteiger partial charge in [-0.2, -0.15) is 0 Å². The molecule has 1 atom stereocenters. The summed E-state index contributed by atoms with van der Waals surface area (Å²) in [6.07, 6.45) is 10.3. The molecule has 7 nitrogen and oxygen atoms in total. The highest BCUT2D eigenvalue weighted by atomic mass is 32.1. The van der Waals surface area contributed by atoms with Gasteiger partial charge in [0.25, 0.3) is 0 Å². The SMILES string of the molecule is Cc1cnc(Nc2nccnc2C2CCCN2C(=O)/C=C/c2csc(C)n2)s1. The zero-order valence-corrected chi connectivity index (χ0v) is 17.3. The van der Waals surface area contributed by atoms with Crippen LogP contribution < -0.4 is 5.32 Å². The largest absolute Gasteiger partial charge is 0.330 e. The minimum atomic E-state index is -0.105. The lowest BCUT2D eigenvalue weighted by molar-refractivity contribution is -0.126. The van der Waals surface area contributed by atoms with Crippen LogP contribution in [0.15, 0.2) is 30.0 Å². The average molecular weight is 413 g/mol. The second-order valence-electron chi connectivity index (χ2n) is 6.51. The van der Waals surface area contributed by atoms with Gasteiger partial charge in [-0.15, -0.1) is 22.7 Å². The first-order chi connectivity index (χ1) is 13.6. The van der Waals surface area contributed by atoms with Gasteiger partial charge in [0.15, 0.2) is 10.9 Å². The van der Waals surface area contributed by atoms with Crippen LogP contribution in [0.4, 0.5) is 10.9 Å². The highest BCUT2D eigenvalue weighted by Gasteiger charge is 2.32. The van der Waals surface area contributed by atoms with Crippen LogP contribution in [0.3, 0.4) is 0 Å². The molecule has 9 heteroatoms. The first kappa shape index (κ1) is 18.7. The van der Waals surface area contributed by atoms with E-state index in [-0.39, 0.29) is 11.9 Å². The number of nitrogens with zero attached hydrogens (tertiary/aromatic N) is 5. The van der Waals surface area contributed by atoms with Gasteiger partial charge >= 0.3 is 0 Å². The minimum Gasteiger partial charge on any atom is -0.330 e. The topological polar surface area (TPSA) is 83.9 Å². The number of hydrogen-bond acceptors (Lipinski definition) is 8. The molecular formula is C19H20N6OS2. The molecule has 1 N–H and O–H groups in total. The van der Waals surface area contributed by atoms with Crippen molar-refractivity contribution >= 4 is 45.6 Å². The Morgan fingerprint density at radius 3 is 2.89 bits per heavy atom. The van der Waals surface area contributed by atoms with E-state index >= 15 is 0 Å². The number of thiazole rings is 2. The van der Waals surface area contributed by atoms with E-state index in [1.54, 1.807) is 47.2 Å². The first-order valence-electron chi connectivity index (χ1n) is 9.01. The fourth-order valence-electron chi connectivity index (χ4n) is 3.23. The maximum absolute atomic E-state index is 12.8. The standard InChI is InChI=1S/C19H20N6OS2/c1-12-10-22-19(28-12)24-18-17(20-7-8-21-18)15-4-3-9-25(15)16(26)6-5-14-11-27-13(2)23-14/h5-8,10-11,15H,3-4,9H2,1-2H3,(H,21,22,24)/b6-5+. The smallest absolute Gasteiger partial charge is 0.247 e. The van der Waals surface area contributed by atoms with Gasteiger partial charge in [-0.25, -0.2) is 15.0 Å². The van der Waals surface area contributed by atoms with E-state index in [0.717, 1.165) is 39.2 Å². The lowest BCUT2D eigenvalue weighted by Gasteiger charge is -2.24. The molecule has 144 valence electrons. The van der Waals surface area contributed by atoms with Crippen LogP contribution in [0, 0.1) is 13.8 Å². The third-order valence-corrected chi connectivity index (χ3v) is 6.08. The molecule has 1 unspecified atom stereocenters. The number of rotatable bonds is 5. The zero-order chi connectivity index (χ0) is 19.5. The Bertz CT molecular complexity index is 1010. The van der Waals surface area contributed by atoms with Gasteiger partial charge in [-0.05, 0) is 32.8 Å². The fraction of sp³-hybridized carbons (Fsp3) is 0.316. The number of aryl methyl sites for hydroxylation is 2. The second-order valence-corrected chi connectivity index (χ2v) is 8.80. The van der Waals surface area contributed by atoms with E-state index in [9.17, 15) is 4.79 Å². The number of carbonyl (C=O) groups is 1. The quantitative estimate of drug-likeness (QED) is 0.635. The molecule has 4 rings (SSSR count). The summed E-state index contributed by atoms with van der Waals surface area (Å²) in [7, 11) is 0. The van der Waals surface area contributed by atoms with Crippen molar-refractivity contribution in [3.05, 3.63) is 51.3 Å². The van der Waals surface area contributed by atoms with E-state index in [0.29, 0.717) is 12.4 Å². The highest BCUT2D eigenvalue weighted by Crippen LogP contribution is 2.35. The fourth-order valence-corrected chi connectivity index (χ4v) is 4.47. The van der Waals surface area contributed by atoms with Crippen LogP contribution in [-0.2, 0) is 4.79 Å². The van der Waals surface area contributed by atoms with Gasteiger partial charge in [0.05, 0.1) is 16.7 Å². The van der Waals surface area contributed by atoms with Crippen molar-refractivity contribution < 1.29 is 4.79 Å². The number of carbonyl (C=O) groups excluding carboxylic acids is 1. The van der Waals surface area contributed by atoms with Gasteiger partial charge in [-0.3, -0.25) is 9.78 Å². The van der Waals surface area contributed by atoms with E-state index < -0.39 is 0 Å². The van der Waals surface area contributed by atoms with Gasteiger partial charge in [0.2, 0.25) is 5.91 Å². The van der Waals surface area contributed by atoms with E-state index in [1.807, 2.05) is 30.3 Å². The Balaban J connectivity index is 1.54. The Labute approximate surface area is 171 Å². The molecule has 0 aliphatic carbocycles. The molecule has 0 aromatic carbocycles. The van der Waals surface area contributed by atoms with Crippen molar-refractivity contribution in [2.75, 3.05) is 11.9 Å². The lowest BCUT2D eigenvalue weighted by Crippen LogP contribution is -2.30. The highest BCUT2D eigenvalue weighted by molar-refractivity contribution is 7.15. The molecular weight excluding hydrogens is 392 g/mol. The van der Waals surface area contributed by atoms with Crippen molar-refractivity contribution in [2.24, 2.45) is 0 Å². The van der Waals surface area contributed by atoms with E-state index in [4.69, 9.17) is 0 Å². The van der Waals surface area contributed by atoms with Crippen molar-refractivity contribution in [1.29, 1.82) is 0 Å². The molecule has 3 aromatic heterocycles. The Morgan fingerprint density at radius 2 is 2.14 bits per heavy atom. The number of amides is 1. The molecule has 0 bridgehead atoms. The predicted octanol–water partition coefficient (Wildman–Crippen LogP) is 4.13.